The monoisotopic (exact) mass is 255 g/mol. The van der Waals surface area contributed by atoms with E-state index in [9.17, 15) is 0 Å². The third-order valence-corrected chi connectivity index (χ3v) is 3.47. The van der Waals surface area contributed by atoms with Gasteiger partial charge >= 0.3 is 0 Å². The van der Waals surface area contributed by atoms with Crippen LogP contribution in [0.4, 0.5) is 0 Å². The molecule has 0 aliphatic carbocycles. The first kappa shape index (κ1) is 14.3. The number of benzene rings is 1. The van der Waals surface area contributed by atoms with Crippen LogP contribution in [0, 0.1) is 12.8 Å². The fraction of sp³-hybridized carbons (Fsp3) is 0.571. The van der Waals surface area contributed by atoms with Crippen LogP contribution in [0.2, 0.25) is 0 Å². The molecule has 0 aliphatic heterocycles. The average molecular weight is 256 g/mol. The first-order valence-corrected chi connectivity index (χ1v) is 6.46. The summed E-state index contributed by atoms with van der Waals surface area (Å²) in [5.74, 6) is 1.42. The summed E-state index contributed by atoms with van der Waals surface area (Å²) in [5, 5.41) is 3.54. The van der Waals surface area contributed by atoms with Crippen molar-refractivity contribution < 1.29 is 4.74 Å². The quantitative estimate of drug-likeness (QED) is 0.787. The van der Waals surface area contributed by atoms with E-state index in [0.717, 1.165) is 18.8 Å². The van der Waals surface area contributed by atoms with Crippen LogP contribution in [0.1, 0.15) is 25.0 Å². The molecule has 2 nitrogen and oxygen atoms in total. The van der Waals surface area contributed by atoms with Crippen molar-refractivity contribution in [2.24, 2.45) is 5.92 Å². The molecule has 96 valence electrons. The zero-order chi connectivity index (χ0) is 12.8. The van der Waals surface area contributed by atoms with Gasteiger partial charge in [-0.15, -0.1) is 11.6 Å². The van der Waals surface area contributed by atoms with Crippen molar-refractivity contribution in [2.45, 2.75) is 32.7 Å². The highest BCUT2D eigenvalue weighted by molar-refractivity contribution is 6.20. The van der Waals surface area contributed by atoms with Crippen LogP contribution in [0.25, 0.3) is 0 Å². The largest absolute Gasteiger partial charge is 0.496 e. The average Bonchev–Trinajstić information content (AvgIpc) is 2.29. The summed E-state index contributed by atoms with van der Waals surface area (Å²) >= 11 is 6.19. The molecule has 0 bridgehead atoms. The topological polar surface area (TPSA) is 21.3 Å². The Balaban J connectivity index is 2.53. The highest BCUT2D eigenvalue weighted by atomic mass is 35.5. The minimum atomic E-state index is 0.172. The molecule has 1 unspecified atom stereocenters. The second-order valence-corrected chi connectivity index (χ2v) is 5.27. The Bertz CT molecular complexity index is 352. The molecule has 0 amide bonds. The summed E-state index contributed by atoms with van der Waals surface area (Å²) in [6.45, 7) is 7.96. The molecule has 3 heteroatoms. The van der Waals surface area contributed by atoms with Crippen LogP contribution in [-0.2, 0) is 6.54 Å². The Hall–Kier alpha value is -0.730. The van der Waals surface area contributed by atoms with Crippen LogP contribution in [0.15, 0.2) is 18.2 Å². The number of alkyl halides is 1. The molecule has 0 saturated heterocycles. The SMILES string of the molecule is COc1ccc(C)cc1CNCC(Cl)C(C)C. The molecule has 0 fully saturated rings. The third kappa shape index (κ3) is 4.57. The normalized spacial score (nSPS) is 12.8. The van der Waals surface area contributed by atoms with Crippen molar-refractivity contribution in [3.05, 3.63) is 29.3 Å². The maximum atomic E-state index is 6.19. The molecule has 0 radical (unpaired) electrons. The standard InChI is InChI=1S/C14H22ClNO/c1-10(2)13(15)9-16-8-12-7-11(3)5-6-14(12)17-4/h5-7,10,13,16H,8-9H2,1-4H3. The van der Waals surface area contributed by atoms with E-state index >= 15 is 0 Å². The van der Waals surface area contributed by atoms with Crippen molar-refractivity contribution in [2.75, 3.05) is 13.7 Å². The summed E-state index contributed by atoms with van der Waals surface area (Å²) in [7, 11) is 1.70. The van der Waals surface area contributed by atoms with Gasteiger partial charge in [-0.05, 0) is 18.9 Å². The van der Waals surface area contributed by atoms with Gasteiger partial charge in [0.05, 0.1) is 7.11 Å². The third-order valence-electron chi connectivity index (χ3n) is 2.81. The number of aryl methyl sites for hydroxylation is 1. The molecule has 1 N–H and O–H groups in total. The van der Waals surface area contributed by atoms with Gasteiger partial charge in [0.1, 0.15) is 5.75 Å². The van der Waals surface area contributed by atoms with Gasteiger partial charge in [-0.2, -0.15) is 0 Å². The lowest BCUT2D eigenvalue weighted by molar-refractivity contribution is 0.407. The Kier molecular flexibility index (Phi) is 5.79. The molecular formula is C14H22ClNO. The van der Waals surface area contributed by atoms with Gasteiger partial charge in [0.25, 0.3) is 0 Å². The Morgan fingerprint density at radius 1 is 1.35 bits per heavy atom. The van der Waals surface area contributed by atoms with E-state index in [1.807, 2.05) is 6.07 Å². The smallest absolute Gasteiger partial charge is 0.123 e. The number of nitrogens with one attached hydrogen (secondary N) is 1. The summed E-state index contributed by atoms with van der Waals surface area (Å²) in [5.41, 5.74) is 2.43. The predicted molar refractivity (Wildman–Crippen MR) is 73.9 cm³/mol. The molecular weight excluding hydrogens is 234 g/mol. The Morgan fingerprint density at radius 2 is 2.06 bits per heavy atom. The first-order valence-electron chi connectivity index (χ1n) is 6.03. The lowest BCUT2D eigenvalue weighted by Gasteiger charge is -2.15. The van der Waals surface area contributed by atoms with Crippen molar-refractivity contribution in [1.29, 1.82) is 0 Å². The highest BCUT2D eigenvalue weighted by Crippen LogP contribution is 2.19. The lowest BCUT2D eigenvalue weighted by atomic mass is 10.1. The number of halogens is 1. The van der Waals surface area contributed by atoms with Gasteiger partial charge in [-0.3, -0.25) is 0 Å². The summed E-state index contributed by atoms with van der Waals surface area (Å²) in [6, 6.07) is 6.21. The van der Waals surface area contributed by atoms with Gasteiger partial charge in [-0.25, -0.2) is 0 Å². The zero-order valence-electron chi connectivity index (χ0n) is 11.1. The number of hydrogen-bond donors (Lipinski definition) is 1. The van der Waals surface area contributed by atoms with Crippen molar-refractivity contribution in [3.63, 3.8) is 0 Å². The van der Waals surface area contributed by atoms with Gasteiger partial charge in [-0.1, -0.05) is 31.5 Å². The predicted octanol–water partition coefficient (Wildman–Crippen LogP) is 3.36. The van der Waals surface area contributed by atoms with Crippen molar-refractivity contribution >= 4 is 11.6 Å². The Labute approximate surface area is 109 Å². The van der Waals surface area contributed by atoms with Gasteiger partial charge in [0.15, 0.2) is 0 Å². The van der Waals surface area contributed by atoms with E-state index < -0.39 is 0 Å². The number of hydrogen-bond acceptors (Lipinski definition) is 2. The highest BCUT2D eigenvalue weighted by Gasteiger charge is 2.09. The van der Waals surface area contributed by atoms with Crippen LogP contribution in [0.5, 0.6) is 5.75 Å². The molecule has 0 spiro atoms. The van der Waals surface area contributed by atoms with E-state index in [-0.39, 0.29) is 5.38 Å². The molecule has 1 aromatic rings. The molecule has 0 aliphatic rings. The molecule has 0 saturated carbocycles. The number of ether oxygens (including phenoxy) is 1. The van der Waals surface area contributed by atoms with Crippen molar-refractivity contribution in [3.8, 4) is 5.75 Å². The Morgan fingerprint density at radius 3 is 2.65 bits per heavy atom. The summed E-state index contributed by atoms with van der Waals surface area (Å²) in [4.78, 5) is 0. The molecule has 1 rings (SSSR count). The van der Waals surface area contributed by atoms with Gasteiger partial charge in [0.2, 0.25) is 0 Å². The zero-order valence-corrected chi connectivity index (χ0v) is 11.8. The minimum absolute atomic E-state index is 0.172. The molecule has 1 atom stereocenters. The van der Waals surface area contributed by atoms with Crippen LogP contribution < -0.4 is 10.1 Å². The molecule has 0 aromatic heterocycles. The fourth-order valence-electron chi connectivity index (χ4n) is 1.63. The molecule has 17 heavy (non-hydrogen) atoms. The van der Waals surface area contributed by atoms with Crippen LogP contribution in [0.3, 0.4) is 0 Å². The van der Waals surface area contributed by atoms with E-state index in [1.165, 1.54) is 11.1 Å². The molecule has 1 aromatic carbocycles. The number of rotatable bonds is 6. The van der Waals surface area contributed by atoms with E-state index in [2.05, 4.69) is 38.2 Å². The van der Waals surface area contributed by atoms with Gasteiger partial charge in [0, 0.05) is 24.0 Å². The second-order valence-electron chi connectivity index (χ2n) is 4.71. The van der Waals surface area contributed by atoms with Crippen LogP contribution >= 0.6 is 11.6 Å². The van der Waals surface area contributed by atoms with E-state index in [1.54, 1.807) is 7.11 Å². The molecule has 0 heterocycles. The number of methoxy groups -OCH3 is 1. The maximum Gasteiger partial charge on any atom is 0.123 e. The van der Waals surface area contributed by atoms with Gasteiger partial charge < -0.3 is 10.1 Å². The second kappa shape index (κ2) is 6.87. The minimum Gasteiger partial charge on any atom is -0.496 e. The van der Waals surface area contributed by atoms with Crippen molar-refractivity contribution in [1.82, 2.24) is 5.32 Å². The van der Waals surface area contributed by atoms with Crippen LogP contribution in [-0.4, -0.2) is 19.0 Å². The summed E-state index contributed by atoms with van der Waals surface area (Å²) in [6.07, 6.45) is 0. The lowest BCUT2D eigenvalue weighted by Crippen LogP contribution is -2.26. The summed E-state index contributed by atoms with van der Waals surface area (Å²) < 4.78 is 5.33. The maximum absolute atomic E-state index is 6.19. The first-order chi connectivity index (χ1) is 8.04. The fourth-order valence-corrected chi connectivity index (χ4v) is 1.74. The van der Waals surface area contributed by atoms with E-state index in [4.69, 9.17) is 16.3 Å². The van der Waals surface area contributed by atoms with E-state index in [0.29, 0.717) is 5.92 Å².